The molecule has 1 spiro atoms. The molecule has 2 aliphatic heterocycles. The number of fused-ring (bicyclic) bond motifs is 2. The first-order chi connectivity index (χ1) is 13.2. The van der Waals surface area contributed by atoms with E-state index in [9.17, 15) is 4.79 Å². The van der Waals surface area contributed by atoms with Crippen molar-refractivity contribution < 1.29 is 4.79 Å². The van der Waals surface area contributed by atoms with Gasteiger partial charge in [-0.15, -0.1) is 0 Å². The number of nitrogens with zero attached hydrogens (tertiary/aromatic N) is 3. The van der Waals surface area contributed by atoms with E-state index in [1.54, 1.807) is 6.20 Å². The number of likely N-dealkylation sites (tertiary alicyclic amines) is 1. The number of amides is 1. The van der Waals surface area contributed by atoms with Crippen LogP contribution in [0.2, 0.25) is 0 Å². The van der Waals surface area contributed by atoms with E-state index < -0.39 is 0 Å². The van der Waals surface area contributed by atoms with E-state index >= 15 is 0 Å². The van der Waals surface area contributed by atoms with Gasteiger partial charge in [0.25, 0.3) is 0 Å². The lowest BCUT2D eigenvalue weighted by molar-refractivity contribution is -0.136. The van der Waals surface area contributed by atoms with Gasteiger partial charge in [0.05, 0.1) is 5.92 Å². The molecule has 2 fully saturated rings. The molecule has 1 amide bonds. The zero-order valence-corrected chi connectivity index (χ0v) is 15.6. The van der Waals surface area contributed by atoms with Gasteiger partial charge in [-0.2, -0.15) is 0 Å². The van der Waals surface area contributed by atoms with Crippen LogP contribution in [0, 0.1) is 0 Å². The molecule has 2 N–H and O–H groups in total. The maximum Gasteiger partial charge on any atom is 0.230 e. The van der Waals surface area contributed by atoms with Crippen LogP contribution >= 0.6 is 0 Å². The maximum absolute atomic E-state index is 13.0. The van der Waals surface area contributed by atoms with Gasteiger partial charge in [0.15, 0.2) is 0 Å². The number of nitrogen functional groups attached to an aromatic ring is 1. The highest BCUT2D eigenvalue weighted by Crippen LogP contribution is 2.52. The second-order valence-electron chi connectivity index (χ2n) is 8.24. The highest BCUT2D eigenvalue weighted by atomic mass is 16.2. The average molecular weight is 362 g/mol. The highest BCUT2D eigenvalue weighted by molar-refractivity contribution is 5.86. The molecule has 5 nitrogen and oxygen atoms in total. The van der Waals surface area contributed by atoms with Gasteiger partial charge in [-0.1, -0.05) is 24.3 Å². The molecule has 3 aliphatic rings. The second kappa shape index (κ2) is 6.25. The smallest absolute Gasteiger partial charge is 0.230 e. The first-order valence-corrected chi connectivity index (χ1v) is 10.0. The largest absolute Gasteiger partial charge is 0.399 e. The minimum atomic E-state index is 0.0403. The van der Waals surface area contributed by atoms with Crippen LogP contribution in [0.3, 0.4) is 0 Å². The lowest BCUT2D eigenvalue weighted by Gasteiger charge is -2.41. The zero-order valence-electron chi connectivity index (χ0n) is 15.6. The molecular weight excluding hydrogens is 336 g/mol. The van der Waals surface area contributed by atoms with E-state index in [4.69, 9.17) is 5.73 Å². The van der Waals surface area contributed by atoms with Crippen LogP contribution in [0.25, 0.3) is 0 Å². The maximum atomic E-state index is 13.0. The summed E-state index contributed by atoms with van der Waals surface area (Å²) in [6, 6.07) is 12.4. The molecule has 5 heteroatoms. The summed E-state index contributed by atoms with van der Waals surface area (Å²) >= 11 is 0. The van der Waals surface area contributed by atoms with Crippen LogP contribution < -0.4 is 10.6 Å². The Bertz CT molecular complexity index is 868. The Kier molecular flexibility index (Phi) is 3.85. The summed E-state index contributed by atoms with van der Waals surface area (Å²) in [6.45, 7) is 3.77. The van der Waals surface area contributed by atoms with Gasteiger partial charge in [-0.05, 0) is 42.9 Å². The summed E-state index contributed by atoms with van der Waals surface area (Å²) in [4.78, 5) is 21.9. The quantitative estimate of drug-likeness (QED) is 0.892. The number of carbonyl (C=O) groups excluding carboxylic acids is 1. The van der Waals surface area contributed by atoms with Gasteiger partial charge in [-0.25, -0.2) is 4.98 Å². The standard InChI is InChI=1S/C22H26N4O/c23-16-6-9-24-20(14-16)25-12-7-22(8-13-25)15-18(21(27)26-10-3-11-26)17-4-1-2-5-19(17)22/h1-2,4-6,9,14,18H,3,7-8,10-13,15H2,(H2,23,24)/t18-/m0/s1. The highest BCUT2D eigenvalue weighted by Gasteiger charge is 2.48. The van der Waals surface area contributed by atoms with Crippen LogP contribution in [0.1, 0.15) is 42.7 Å². The van der Waals surface area contributed by atoms with Crippen molar-refractivity contribution in [1.29, 1.82) is 0 Å². The van der Waals surface area contributed by atoms with Crippen LogP contribution in [0.5, 0.6) is 0 Å². The molecule has 1 aromatic heterocycles. The number of piperidine rings is 1. The molecular formula is C22H26N4O. The van der Waals surface area contributed by atoms with Gasteiger partial charge >= 0.3 is 0 Å². The normalized spacial score (nSPS) is 23.2. The summed E-state index contributed by atoms with van der Waals surface area (Å²) in [5.74, 6) is 1.34. The predicted octanol–water partition coefficient (Wildman–Crippen LogP) is 2.92. The third-order valence-corrected chi connectivity index (χ3v) is 6.78. The lowest BCUT2D eigenvalue weighted by Crippen LogP contribution is -2.45. The van der Waals surface area contributed by atoms with Crippen molar-refractivity contribution in [3.8, 4) is 0 Å². The third-order valence-electron chi connectivity index (χ3n) is 6.78. The van der Waals surface area contributed by atoms with Gasteiger partial charge in [0.1, 0.15) is 5.82 Å². The number of rotatable bonds is 2. The number of hydrogen-bond donors (Lipinski definition) is 1. The number of benzene rings is 1. The lowest BCUT2D eigenvalue weighted by atomic mass is 9.73. The van der Waals surface area contributed by atoms with E-state index in [1.165, 1.54) is 11.1 Å². The van der Waals surface area contributed by atoms with Crippen LogP contribution in [0.4, 0.5) is 11.5 Å². The number of hydrogen-bond acceptors (Lipinski definition) is 4. The SMILES string of the molecule is Nc1ccnc(N2CCC3(CC2)C[C@H](C(=O)N2CCC2)c2ccccc23)c1. The Balaban J connectivity index is 1.40. The molecule has 27 heavy (non-hydrogen) atoms. The van der Waals surface area contributed by atoms with Gasteiger partial charge in [-0.3, -0.25) is 4.79 Å². The molecule has 2 aromatic rings. The summed E-state index contributed by atoms with van der Waals surface area (Å²) in [5.41, 5.74) is 9.49. The average Bonchev–Trinajstić information content (AvgIpc) is 2.96. The molecule has 0 saturated carbocycles. The van der Waals surface area contributed by atoms with Crippen LogP contribution in [0.15, 0.2) is 42.6 Å². The fourth-order valence-corrected chi connectivity index (χ4v) is 5.12. The molecule has 0 radical (unpaired) electrons. The minimum Gasteiger partial charge on any atom is -0.399 e. The first kappa shape index (κ1) is 16.6. The van der Waals surface area contributed by atoms with Crippen molar-refractivity contribution in [2.24, 2.45) is 0 Å². The van der Waals surface area contributed by atoms with Gasteiger partial charge in [0.2, 0.25) is 5.91 Å². The number of carbonyl (C=O) groups is 1. The second-order valence-corrected chi connectivity index (χ2v) is 8.24. The van der Waals surface area contributed by atoms with Crippen molar-refractivity contribution in [1.82, 2.24) is 9.88 Å². The van der Waals surface area contributed by atoms with E-state index in [0.29, 0.717) is 5.91 Å². The van der Waals surface area contributed by atoms with Crippen LogP contribution in [-0.2, 0) is 10.2 Å². The first-order valence-electron chi connectivity index (χ1n) is 10.0. The van der Waals surface area contributed by atoms with E-state index in [2.05, 4.69) is 34.1 Å². The topological polar surface area (TPSA) is 62.5 Å². The Hall–Kier alpha value is -2.56. The molecule has 3 heterocycles. The Morgan fingerprint density at radius 3 is 2.59 bits per heavy atom. The molecule has 1 aromatic carbocycles. The molecule has 1 atom stereocenters. The van der Waals surface area contributed by atoms with Crippen molar-refractivity contribution >= 4 is 17.4 Å². The minimum absolute atomic E-state index is 0.0403. The fourth-order valence-electron chi connectivity index (χ4n) is 5.12. The summed E-state index contributed by atoms with van der Waals surface area (Å²) in [7, 11) is 0. The zero-order chi connectivity index (χ0) is 18.4. The Morgan fingerprint density at radius 1 is 1.11 bits per heavy atom. The monoisotopic (exact) mass is 362 g/mol. The Labute approximate surface area is 160 Å². The van der Waals surface area contributed by atoms with Crippen molar-refractivity contribution in [2.45, 2.75) is 37.0 Å². The summed E-state index contributed by atoms with van der Waals surface area (Å²) in [5, 5.41) is 0. The third kappa shape index (κ3) is 2.68. The summed E-state index contributed by atoms with van der Waals surface area (Å²) < 4.78 is 0. The molecule has 5 rings (SSSR count). The molecule has 1 aliphatic carbocycles. The molecule has 140 valence electrons. The van der Waals surface area contributed by atoms with Crippen molar-refractivity contribution in [3.63, 3.8) is 0 Å². The van der Waals surface area contributed by atoms with E-state index in [-0.39, 0.29) is 11.3 Å². The Morgan fingerprint density at radius 2 is 1.89 bits per heavy atom. The number of aromatic nitrogens is 1. The number of nitrogens with two attached hydrogens (primary N) is 1. The van der Waals surface area contributed by atoms with Crippen molar-refractivity contribution in [3.05, 3.63) is 53.7 Å². The van der Waals surface area contributed by atoms with E-state index in [0.717, 1.165) is 63.4 Å². The van der Waals surface area contributed by atoms with Crippen LogP contribution in [-0.4, -0.2) is 42.0 Å². The molecule has 2 saturated heterocycles. The predicted molar refractivity (Wildman–Crippen MR) is 107 cm³/mol. The molecule has 0 bridgehead atoms. The number of anilines is 2. The van der Waals surface area contributed by atoms with E-state index in [1.807, 2.05) is 17.0 Å². The number of pyridine rings is 1. The van der Waals surface area contributed by atoms with Crippen molar-refractivity contribution in [2.75, 3.05) is 36.8 Å². The van der Waals surface area contributed by atoms with Gasteiger partial charge in [0, 0.05) is 49.5 Å². The van der Waals surface area contributed by atoms with Gasteiger partial charge < -0.3 is 15.5 Å². The fraction of sp³-hybridized carbons (Fsp3) is 0.455. The summed E-state index contributed by atoms with van der Waals surface area (Å²) in [6.07, 6.45) is 6.00. The molecule has 0 unspecified atom stereocenters.